The van der Waals surface area contributed by atoms with Gasteiger partial charge in [-0.15, -0.1) is 0 Å². The number of aliphatic carboxylic acids is 1. The molecule has 1 fully saturated rings. The van der Waals surface area contributed by atoms with E-state index in [1.54, 1.807) is 0 Å². The third-order valence-electron chi connectivity index (χ3n) is 2.91. The highest BCUT2D eigenvalue weighted by Crippen LogP contribution is 2.46. The number of rotatable bonds is 3. The topological polar surface area (TPSA) is 49.8 Å². The summed E-state index contributed by atoms with van der Waals surface area (Å²) >= 11 is 0. The fourth-order valence-electron chi connectivity index (χ4n) is 1.75. The van der Waals surface area contributed by atoms with Crippen LogP contribution in [-0.2, 0) is 15.1 Å². The predicted molar refractivity (Wildman–Crippen MR) is 50.8 cm³/mol. The van der Waals surface area contributed by atoms with Gasteiger partial charge in [0.25, 0.3) is 0 Å². The van der Waals surface area contributed by atoms with Crippen molar-refractivity contribution in [1.82, 2.24) is 0 Å². The smallest absolute Gasteiger partial charge is 0.309 e. The van der Waals surface area contributed by atoms with Crippen molar-refractivity contribution in [1.29, 1.82) is 0 Å². The van der Waals surface area contributed by atoms with E-state index in [4.69, 9.17) is 9.84 Å². The van der Waals surface area contributed by atoms with Crippen molar-refractivity contribution < 1.29 is 23.4 Å². The van der Waals surface area contributed by atoms with E-state index < -0.39 is 29.1 Å². The second-order valence-corrected chi connectivity index (χ2v) is 3.86. The summed E-state index contributed by atoms with van der Waals surface area (Å²) in [6.45, 7) is 1.58. The molecule has 0 bridgehead atoms. The van der Waals surface area contributed by atoms with Gasteiger partial charge in [0.1, 0.15) is 17.2 Å². The first-order valence-electron chi connectivity index (χ1n) is 4.79. The number of hydrogen-bond donors (Lipinski definition) is 1. The Morgan fingerprint density at radius 3 is 2.62 bits per heavy atom. The zero-order chi connectivity index (χ0) is 11.9. The molecule has 1 aliphatic rings. The van der Waals surface area contributed by atoms with E-state index in [-0.39, 0.29) is 12.2 Å². The van der Waals surface area contributed by atoms with Crippen molar-refractivity contribution in [3.8, 4) is 0 Å². The van der Waals surface area contributed by atoms with Gasteiger partial charge in [0.05, 0.1) is 12.5 Å². The summed E-state index contributed by atoms with van der Waals surface area (Å²) < 4.78 is 31.3. The third kappa shape index (κ3) is 1.57. The number of carbonyl (C=O) groups is 1. The van der Waals surface area contributed by atoms with E-state index in [0.717, 1.165) is 12.1 Å². The molecule has 0 spiro atoms. The second kappa shape index (κ2) is 3.52. The normalized spacial score (nSPS) is 25.2. The molecule has 2 atom stereocenters. The molecule has 86 valence electrons. The van der Waals surface area contributed by atoms with Crippen LogP contribution in [0.3, 0.4) is 0 Å². The van der Waals surface area contributed by atoms with Crippen molar-refractivity contribution in [3.05, 3.63) is 35.4 Å². The summed E-state index contributed by atoms with van der Waals surface area (Å²) in [4.78, 5) is 10.9. The van der Waals surface area contributed by atoms with Gasteiger partial charge >= 0.3 is 5.97 Å². The van der Waals surface area contributed by atoms with Crippen LogP contribution >= 0.6 is 0 Å². The lowest BCUT2D eigenvalue weighted by Gasteiger charge is -2.17. The molecular formula is C11H10F2O3. The highest BCUT2D eigenvalue weighted by Gasteiger charge is 2.55. The monoisotopic (exact) mass is 228 g/mol. The number of carboxylic acids is 1. The number of epoxide rings is 1. The zero-order valence-electron chi connectivity index (χ0n) is 8.54. The molecule has 0 amide bonds. The molecule has 1 aliphatic heterocycles. The molecular weight excluding hydrogens is 218 g/mol. The maximum atomic E-state index is 13.5. The van der Waals surface area contributed by atoms with Crippen LogP contribution in [0.2, 0.25) is 0 Å². The molecule has 1 heterocycles. The highest BCUT2D eigenvalue weighted by atomic mass is 19.1. The minimum Gasteiger partial charge on any atom is -0.481 e. The first kappa shape index (κ1) is 11.0. The van der Waals surface area contributed by atoms with Crippen LogP contribution in [0.1, 0.15) is 12.5 Å². The average molecular weight is 228 g/mol. The SMILES string of the molecule is C[C@@H](C(=O)O)[C@]1(c2ccc(F)cc2F)CO1. The fraction of sp³-hybridized carbons (Fsp3) is 0.364. The van der Waals surface area contributed by atoms with E-state index in [2.05, 4.69) is 0 Å². The minimum atomic E-state index is -1.14. The van der Waals surface area contributed by atoms with E-state index in [1.165, 1.54) is 13.0 Å². The van der Waals surface area contributed by atoms with Gasteiger partial charge in [-0.25, -0.2) is 8.78 Å². The van der Waals surface area contributed by atoms with E-state index in [1.807, 2.05) is 0 Å². The Morgan fingerprint density at radius 1 is 1.56 bits per heavy atom. The maximum Gasteiger partial charge on any atom is 0.309 e. The second-order valence-electron chi connectivity index (χ2n) is 3.86. The predicted octanol–water partition coefficient (Wildman–Crippen LogP) is 1.91. The Morgan fingerprint density at radius 2 is 2.19 bits per heavy atom. The quantitative estimate of drug-likeness (QED) is 0.804. The average Bonchev–Trinajstić information content (AvgIpc) is 2.97. The van der Waals surface area contributed by atoms with Gasteiger partial charge in [-0.2, -0.15) is 0 Å². The number of carboxylic acid groups (broad SMARTS) is 1. The lowest BCUT2D eigenvalue weighted by atomic mass is 9.87. The Hall–Kier alpha value is -1.49. The molecule has 3 nitrogen and oxygen atoms in total. The minimum absolute atomic E-state index is 0.101. The van der Waals surface area contributed by atoms with Crippen LogP contribution in [-0.4, -0.2) is 17.7 Å². The van der Waals surface area contributed by atoms with Crippen molar-refractivity contribution in [2.24, 2.45) is 5.92 Å². The summed E-state index contributed by atoms with van der Waals surface area (Å²) in [5.74, 6) is -3.40. The first-order chi connectivity index (χ1) is 7.47. The Kier molecular flexibility index (Phi) is 2.42. The molecule has 1 saturated heterocycles. The molecule has 0 radical (unpaired) electrons. The fourth-order valence-corrected chi connectivity index (χ4v) is 1.75. The Balaban J connectivity index is 2.40. The largest absolute Gasteiger partial charge is 0.481 e. The lowest BCUT2D eigenvalue weighted by Crippen LogP contribution is -2.27. The molecule has 1 aromatic rings. The number of halogens is 2. The first-order valence-corrected chi connectivity index (χ1v) is 4.79. The molecule has 16 heavy (non-hydrogen) atoms. The standard InChI is InChI=1S/C11H10F2O3/c1-6(10(14)15)11(5-16-11)8-3-2-7(12)4-9(8)13/h2-4,6H,5H2,1H3,(H,14,15)/t6-,11-/m0/s1. The molecule has 2 rings (SSSR count). The van der Waals surface area contributed by atoms with Crippen molar-refractivity contribution in [2.45, 2.75) is 12.5 Å². The lowest BCUT2D eigenvalue weighted by molar-refractivity contribution is -0.143. The summed E-state index contributed by atoms with van der Waals surface area (Å²) in [6, 6.07) is 3.06. The van der Waals surface area contributed by atoms with E-state index >= 15 is 0 Å². The zero-order valence-corrected chi connectivity index (χ0v) is 8.54. The molecule has 1 aromatic carbocycles. The number of hydrogen-bond acceptors (Lipinski definition) is 2. The molecule has 1 N–H and O–H groups in total. The molecule has 5 heteroatoms. The molecule has 0 saturated carbocycles. The Labute approximate surface area is 90.7 Å². The molecule has 0 aromatic heterocycles. The van der Waals surface area contributed by atoms with Crippen LogP contribution in [0.5, 0.6) is 0 Å². The van der Waals surface area contributed by atoms with Crippen molar-refractivity contribution >= 4 is 5.97 Å². The highest BCUT2D eigenvalue weighted by molar-refractivity contribution is 5.72. The van der Waals surface area contributed by atoms with Gasteiger partial charge in [0.2, 0.25) is 0 Å². The van der Waals surface area contributed by atoms with Crippen LogP contribution in [0.4, 0.5) is 8.78 Å². The third-order valence-corrected chi connectivity index (χ3v) is 2.91. The van der Waals surface area contributed by atoms with Gasteiger partial charge in [-0.05, 0) is 13.0 Å². The van der Waals surface area contributed by atoms with Gasteiger partial charge in [-0.3, -0.25) is 4.79 Å². The summed E-state index contributed by atoms with van der Waals surface area (Å²) in [6.07, 6.45) is 0. The van der Waals surface area contributed by atoms with Crippen molar-refractivity contribution in [2.75, 3.05) is 6.61 Å². The number of ether oxygens (including phenoxy) is 1. The Bertz CT molecular complexity index is 441. The van der Waals surface area contributed by atoms with Gasteiger partial charge < -0.3 is 9.84 Å². The van der Waals surface area contributed by atoms with Gasteiger partial charge in [-0.1, -0.05) is 6.07 Å². The van der Waals surface area contributed by atoms with Gasteiger partial charge in [0, 0.05) is 11.6 Å². The van der Waals surface area contributed by atoms with Crippen molar-refractivity contribution in [3.63, 3.8) is 0 Å². The number of benzene rings is 1. The summed E-state index contributed by atoms with van der Waals surface area (Å²) in [5, 5.41) is 8.89. The molecule has 0 aliphatic carbocycles. The molecule has 0 unspecified atom stereocenters. The summed E-state index contributed by atoms with van der Waals surface area (Å²) in [5.41, 5.74) is -1.03. The van der Waals surface area contributed by atoms with Crippen LogP contribution in [0, 0.1) is 17.6 Å². The van der Waals surface area contributed by atoms with E-state index in [9.17, 15) is 13.6 Å². The van der Waals surface area contributed by atoms with Crippen LogP contribution in [0.15, 0.2) is 18.2 Å². The van der Waals surface area contributed by atoms with Crippen LogP contribution in [0.25, 0.3) is 0 Å². The summed E-state index contributed by atoms with van der Waals surface area (Å²) in [7, 11) is 0. The van der Waals surface area contributed by atoms with E-state index in [0.29, 0.717) is 0 Å². The maximum absolute atomic E-state index is 13.5. The van der Waals surface area contributed by atoms with Crippen LogP contribution < -0.4 is 0 Å². The van der Waals surface area contributed by atoms with Gasteiger partial charge in [0.15, 0.2) is 0 Å².